The van der Waals surface area contributed by atoms with Gasteiger partial charge in [-0.2, -0.15) is 5.10 Å². The highest BCUT2D eigenvalue weighted by molar-refractivity contribution is 6.00. The third kappa shape index (κ3) is 3.80. The Kier molecular flexibility index (Phi) is 5.74. The molecule has 2 N–H and O–H groups in total. The minimum Gasteiger partial charge on any atom is -0.502 e. The van der Waals surface area contributed by atoms with Gasteiger partial charge in [0.05, 0.1) is 33.1 Å². The Labute approximate surface area is 201 Å². The van der Waals surface area contributed by atoms with E-state index in [0.29, 0.717) is 23.5 Å². The SMILES string of the molecule is COc1ccc(-c2n[nH]c3c2C(c2cc(OC)c(O)c(OC)c2)N(Cc2ccncc2)C3=O)cc1. The number of rotatable bonds is 7. The molecule has 2 aromatic carbocycles. The van der Waals surface area contributed by atoms with Gasteiger partial charge >= 0.3 is 0 Å². The lowest BCUT2D eigenvalue weighted by Gasteiger charge is -2.27. The molecule has 0 radical (unpaired) electrons. The van der Waals surface area contributed by atoms with Gasteiger partial charge in [0.2, 0.25) is 5.75 Å². The number of amides is 1. The van der Waals surface area contributed by atoms with E-state index >= 15 is 0 Å². The van der Waals surface area contributed by atoms with Gasteiger partial charge < -0.3 is 24.2 Å². The van der Waals surface area contributed by atoms with Crippen LogP contribution in [0.25, 0.3) is 11.3 Å². The molecule has 0 spiro atoms. The summed E-state index contributed by atoms with van der Waals surface area (Å²) in [5, 5.41) is 17.9. The Balaban J connectivity index is 1.69. The van der Waals surface area contributed by atoms with Crippen LogP contribution in [0.3, 0.4) is 0 Å². The fourth-order valence-corrected chi connectivity index (χ4v) is 4.43. The number of benzene rings is 2. The zero-order chi connectivity index (χ0) is 24.5. The first-order valence-electron chi connectivity index (χ1n) is 10.9. The third-order valence-electron chi connectivity index (χ3n) is 6.15. The van der Waals surface area contributed by atoms with Crippen LogP contribution in [0.4, 0.5) is 0 Å². The zero-order valence-corrected chi connectivity index (χ0v) is 19.5. The van der Waals surface area contributed by atoms with E-state index < -0.39 is 6.04 Å². The summed E-state index contributed by atoms with van der Waals surface area (Å²) in [4.78, 5) is 19.5. The number of aromatic nitrogens is 3. The van der Waals surface area contributed by atoms with Crippen molar-refractivity contribution >= 4 is 5.91 Å². The van der Waals surface area contributed by atoms with E-state index in [-0.39, 0.29) is 23.2 Å². The number of carbonyl (C=O) groups excluding carboxylic acids is 1. The molecule has 3 heterocycles. The van der Waals surface area contributed by atoms with E-state index in [4.69, 9.17) is 14.2 Å². The van der Waals surface area contributed by atoms with Gasteiger partial charge in [-0.25, -0.2) is 0 Å². The van der Waals surface area contributed by atoms with E-state index in [9.17, 15) is 9.90 Å². The summed E-state index contributed by atoms with van der Waals surface area (Å²) in [6.07, 6.45) is 3.39. The second-order valence-corrected chi connectivity index (χ2v) is 8.05. The van der Waals surface area contributed by atoms with E-state index in [0.717, 1.165) is 22.4 Å². The number of fused-ring (bicyclic) bond motifs is 1. The monoisotopic (exact) mass is 472 g/mol. The van der Waals surface area contributed by atoms with Crippen LogP contribution in [0.5, 0.6) is 23.0 Å². The number of aromatic hydroxyl groups is 1. The van der Waals surface area contributed by atoms with Gasteiger partial charge in [0.15, 0.2) is 11.5 Å². The largest absolute Gasteiger partial charge is 0.502 e. The number of pyridine rings is 1. The van der Waals surface area contributed by atoms with Crippen LogP contribution in [-0.4, -0.2) is 52.4 Å². The van der Waals surface area contributed by atoms with Gasteiger partial charge in [-0.3, -0.25) is 14.9 Å². The highest BCUT2D eigenvalue weighted by Crippen LogP contribution is 2.47. The number of aromatic amines is 1. The fourth-order valence-electron chi connectivity index (χ4n) is 4.43. The third-order valence-corrected chi connectivity index (χ3v) is 6.15. The van der Waals surface area contributed by atoms with Gasteiger partial charge in [0, 0.05) is 30.1 Å². The molecule has 0 aliphatic carbocycles. The molecule has 1 aliphatic rings. The molecule has 0 fully saturated rings. The molecule has 1 atom stereocenters. The first kappa shape index (κ1) is 22.3. The summed E-state index contributed by atoms with van der Waals surface area (Å²) in [5.41, 5.74) is 4.30. The summed E-state index contributed by atoms with van der Waals surface area (Å²) in [6, 6.07) is 14.2. The van der Waals surface area contributed by atoms with Gasteiger partial charge in [-0.15, -0.1) is 0 Å². The Hall–Kier alpha value is -4.53. The summed E-state index contributed by atoms with van der Waals surface area (Å²) in [7, 11) is 4.55. The molecule has 9 nitrogen and oxygen atoms in total. The predicted molar refractivity (Wildman–Crippen MR) is 128 cm³/mol. The molecule has 9 heteroatoms. The number of hydrogen-bond acceptors (Lipinski definition) is 7. The van der Waals surface area contributed by atoms with Crippen molar-refractivity contribution in [2.24, 2.45) is 0 Å². The zero-order valence-electron chi connectivity index (χ0n) is 19.5. The summed E-state index contributed by atoms with van der Waals surface area (Å²) in [5.74, 6) is 0.935. The van der Waals surface area contributed by atoms with Crippen LogP contribution in [0, 0.1) is 0 Å². The highest BCUT2D eigenvalue weighted by atomic mass is 16.5. The number of ether oxygens (including phenoxy) is 3. The van der Waals surface area contributed by atoms with Crippen LogP contribution in [0.1, 0.15) is 33.2 Å². The van der Waals surface area contributed by atoms with Crippen molar-refractivity contribution in [2.75, 3.05) is 21.3 Å². The van der Waals surface area contributed by atoms with Gasteiger partial charge in [-0.1, -0.05) is 0 Å². The van der Waals surface area contributed by atoms with Crippen molar-refractivity contribution in [1.29, 1.82) is 0 Å². The van der Waals surface area contributed by atoms with E-state index in [2.05, 4.69) is 15.2 Å². The molecule has 1 amide bonds. The van der Waals surface area contributed by atoms with Crippen molar-refractivity contribution in [3.63, 3.8) is 0 Å². The Morgan fingerprint density at radius 3 is 2.23 bits per heavy atom. The van der Waals surface area contributed by atoms with Crippen molar-refractivity contribution in [1.82, 2.24) is 20.1 Å². The van der Waals surface area contributed by atoms with Gasteiger partial charge in [-0.05, 0) is 59.7 Å². The molecular weight excluding hydrogens is 448 g/mol. The first-order valence-corrected chi connectivity index (χ1v) is 10.9. The Morgan fingerprint density at radius 1 is 0.971 bits per heavy atom. The summed E-state index contributed by atoms with van der Waals surface area (Å²) < 4.78 is 16.1. The fraction of sp³-hybridized carbons (Fsp3) is 0.192. The molecule has 0 saturated carbocycles. The second-order valence-electron chi connectivity index (χ2n) is 8.05. The Morgan fingerprint density at radius 2 is 1.63 bits per heavy atom. The molecule has 178 valence electrons. The van der Waals surface area contributed by atoms with Gasteiger partial charge in [0.25, 0.3) is 5.91 Å². The molecule has 1 aliphatic heterocycles. The number of nitrogens with zero attached hydrogens (tertiary/aromatic N) is 3. The van der Waals surface area contributed by atoms with Crippen molar-refractivity contribution in [2.45, 2.75) is 12.6 Å². The van der Waals surface area contributed by atoms with Crippen LogP contribution >= 0.6 is 0 Å². The molecule has 1 unspecified atom stereocenters. The van der Waals surface area contributed by atoms with E-state index in [1.807, 2.05) is 36.4 Å². The van der Waals surface area contributed by atoms with Crippen molar-refractivity contribution in [3.8, 4) is 34.3 Å². The number of phenols is 1. The van der Waals surface area contributed by atoms with Crippen molar-refractivity contribution in [3.05, 3.63) is 83.3 Å². The van der Waals surface area contributed by atoms with Crippen LogP contribution in [0.2, 0.25) is 0 Å². The number of phenolic OH excluding ortho intramolecular Hbond substituents is 1. The first-order chi connectivity index (χ1) is 17.0. The number of H-pyrrole nitrogens is 1. The lowest BCUT2D eigenvalue weighted by atomic mass is 9.95. The standard InChI is InChI=1S/C26H24N4O5/c1-33-18-6-4-16(5-7-18)22-21-23(29-28-22)26(32)30(14-15-8-10-27-11-9-15)24(21)17-12-19(34-2)25(31)20(13-17)35-3/h4-13,24,31H,14H2,1-3H3,(H,28,29). The van der Waals surface area contributed by atoms with Gasteiger partial charge in [0.1, 0.15) is 11.4 Å². The molecule has 0 saturated heterocycles. The molecule has 0 bridgehead atoms. The average molecular weight is 473 g/mol. The topological polar surface area (TPSA) is 110 Å². The molecule has 4 aromatic rings. The number of methoxy groups -OCH3 is 3. The number of carbonyl (C=O) groups is 1. The molecular formula is C26H24N4O5. The maximum absolute atomic E-state index is 13.6. The Bertz CT molecular complexity index is 1340. The molecule has 2 aromatic heterocycles. The minimum absolute atomic E-state index is 0.105. The van der Waals surface area contributed by atoms with E-state index in [1.54, 1.807) is 36.5 Å². The van der Waals surface area contributed by atoms with Crippen LogP contribution < -0.4 is 14.2 Å². The normalized spacial score (nSPS) is 14.7. The minimum atomic E-state index is -0.509. The van der Waals surface area contributed by atoms with Crippen LogP contribution in [0.15, 0.2) is 60.9 Å². The quantitative estimate of drug-likeness (QED) is 0.419. The maximum atomic E-state index is 13.6. The summed E-state index contributed by atoms with van der Waals surface area (Å²) >= 11 is 0. The highest BCUT2D eigenvalue weighted by Gasteiger charge is 2.42. The summed E-state index contributed by atoms with van der Waals surface area (Å²) in [6.45, 7) is 0.349. The lowest BCUT2D eigenvalue weighted by molar-refractivity contribution is 0.0729. The number of hydrogen-bond donors (Lipinski definition) is 2. The van der Waals surface area contributed by atoms with Crippen molar-refractivity contribution < 1.29 is 24.1 Å². The number of nitrogens with one attached hydrogen (secondary N) is 1. The smallest absolute Gasteiger partial charge is 0.273 e. The van der Waals surface area contributed by atoms with E-state index in [1.165, 1.54) is 14.2 Å². The predicted octanol–water partition coefficient (Wildman–Crippen LogP) is 3.95. The molecule has 35 heavy (non-hydrogen) atoms. The molecule has 5 rings (SSSR count). The maximum Gasteiger partial charge on any atom is 0.273 e. The lowest BCUT2D eigenvalue weighted by Crippen LogP contribution is -2.29. The second kappa shape index (κ2) is 9.02. The van der Waals surface area contributed by atoms with Crippen LogP contribution in [-0.2, 0) is 6.54 Å². The average Bonchev–Trinajstić information content (AvgIpc) is 3.44.